The third-order valence-electron chi connectivity index (χ3n) is 4.06. The van der Waals surface area contributed by atoms with Crippen LogP contribution in [0.2, 0.25) is 0 Å². The van der Waals surface area contributed by atoms with Crippen molar-refractivity contribution in [3.05, 3.63) is 41.8 Å². The zero-order valence-corrected chi connectivity index (χ0v) is 17.6. The van der Waals surface area contributed by atoms with Gasteiger partial charge in [-0.15, -0.1) is 0 Å². The summed E-state index contributed by atoms with van der Waals surface area (Å²) in [5.74, 6) is 0.0155. The number of aromatic nitrogens is 4. The topological polar surface area (TPSA) is 84.7 Å². The number of nitrogens with zero attached hydrogens (tertiary/aromatic N) is 4. The minimum atomic E-state index is -0.435. The van der Waals surface area contributed by atoms with Crippen LogP contribution in [0.5, 0.6) is 0 Å². The summed E-state index contributed by atoms with van der Waals surface area (Å²) in [6, 6.07) is 5.62. The van der Waals surface area contributed by atoms with Gasteiger partial charge in [0.2, 0.25) is 0 Å². The first-order valence-corrected chi connectivity index (χ1v) is 10.5. The Bertz CT molecular complexity index is 990. The third-order valence-corrected chi connectivity index (χ3v) is 4.92. The predicted molar refractivity (Wildman–Crippen MR) is 114 cm³/mol. The van der Waals surface area contributed by atoms with Gasteiger partial charge in [-0.3, -0.25) is 4.79 Å². The van der Waals surface area contributed by atoms with Crippen LogP contribution in [-0.4, -0.2) is 44.0 Å². The fraction of sp³-hybridized carbons (Fsp3) is 0.400. The second kappa shape index (κ2) is 9.69. The number of anilines is 1. The number of rotatable bonds is 9. The van der Waals surface area contributed by atoms with Gasteiger partial charge in [0.05, 0.1) is 18.1 Å². The van der Waals surface area contributed by atoms with E-state index in [0.717, 1.165) is 29.8 Å². The van der Waals surface area contributed by atoms with E-state index in [2.05, 4.69) is 46.5 Å². The summed E-state index contributed by atoms with van der Waals surface area (Å²) in [7, 11) is 0. The van der Waals surface area contributed by atoms with Crippen molar-refractivity contribution in [2.24, 2.45) is 0 Å². The zero-order chi connectivity index (χ0) is 20.8. The summed E-state index contributed by atoms with van der Waals surface area (Å²) in [6.45, 7) is 7.89. The normalized spacial score (nSPS) is 11.2. The minimum Gasteiger partial charge on any atom is -0.369 e. The van der Waals surface area contributed by atoms with Gasteiger partial charge >= 0.3 is 0 Å². The number of nitrogens with one attached hydrogen (secondary N) is 2. The van der Waals surface area contributed by atoms with Crippen LogP contribution in [0, 0.1) is 5.82 Å². The van der Waals surface area contributed by atoms with E-state index in [1.54, 1.807) is 28.7 Å². The summed E-state index contributed by atoms with van der Waals surface area (Å²) in [5, 5.41) is 12.5. The maximum absolute atomic E-state index is 13.3. The van der Waals surface area contributed by atoms with Crippen LogP contribution in [0.15, 0.2) is 35.6 Å². The number of hydrogen-bond acceptors (Lipinski definition) is 6. The highest BCUT2D eigenvalue weighted by molar-refractivity contribution is 7.99. The molecule has 1 amide bonds. The average Bonchev–Trinajstić information content (AvgIpc) is 3.08. The van der Waals surface area contributed by atoms with Crippen molar-refractivity contribution in [1.29, 1.82) is 0 Å². The number of fused-ring (bicyclic) bond motifs is 1. The monoisotopic (exact) mass is 416 g/mol. The average molecular weight is 417 g/mol. The number of thioether (sulfide) groups is 1. The molecule has 0 fully saturated rings. The van der Waals surface area contributed by atoms with Crippen LogP contribution in [0.3, 0.4) is 0 Å². The number of amides is 1. The largest absolute Gasteiger partial charge is 0.369 e. The van der Waals surface area contributed by atoms with E-state index in [9.17, 15) is 9.18 Å². The third kappa shape index (κ3) is 5.44. The molecule has 0 saturated carbocycles. The van der Waals surface area contributed by atoms with Gasteiger partial charge in [0.15, 0.2) is 10.8 Å². The van der Waals surface area contributed by atoms with Gasteiger partial charge in [0.1, 0.15) is 11.6 Å². The van der Waals surface area contributed by atoms with Crippen LogP contribution >= 0.6 is 11.8 Å². The molecule has 1 aromatic carbocycles. The van der Waals surface area contributed by atoms with Crippen LogP contribution in [0.1, 0.15) is 37.6 Å². The lowest BCUT2D eigenvalue weighted by Crippen LogP contribution is -2.27. The lowest BCUT2D eigenvalue weighted by molar-refractivity contribution is 0.0951. The van der Waals surface area contributed by atoms with Crippen LogP contribution in [-0.2, 0) is 6.54 Å². The number of hydrogen-bond donors (Lipinski definition) is 2. The summed E-state index contributed by atoms with van der Waals surface area (Å²) >= 11 is 1.59. The molecule has 0 bridgehead atoms. The Hall–Kier alpha value is -2.68. The fourth-order valence-corrected chi connectivity index (χ4v) is 3.45. The molecule has 3 rings (SSSR count). The highest BCUT2D eigenvalue weighted by Gasteiger charge is 2.14. The highest BCUT2D eigenvalue weighted by Crippen LogP contribution is 2.26. The zero-order valence-electron chi connectivity index (χ0n) is 16.8. The Kier molecular flexibility index (Phi) is 7.03. The van der Waals surface area contributed by atoms with E-state index in [1.165, 1.54) is 18.2 Å². The van der Waals surface area contributed by atoms with Crippen molar-refractivity contribution in [2.75, 3.05) is 18.4 Å². The van der Waals surface area contributed by atoms with Crippen LogP contribution in [0.4, 0.5) is 10.2 Å². The van der Waals surface area contributed by atoms with Crippen LogP contribution < -0.4 is 10.6 Å². The number of benzene rings is 1. The van der Waals surface area contributed by atoms with Crippen molar-refractivity contribution < 1.29 is 9.18 Å². The van der Waals surface area contributed by atoms with Crippen molar-refractivity contribution in [3.8, 4) is 0 Å². The SMILES string of the molecule is CCCNc1nc(SC(C)C)nc2c1cnn2CCNC(=O)c1cccc(F)c1. The van der Waals surface area contributed by atoms with Crippen LogP contribution in [0.25, 0.3) is 11.0 Å². The lowest BCUT2D eigenvalue weighted by Gasteiger charge is -2.10. The molecule has 0 aliphatic rings. The molecular weight excluding hydrogens is 391 g/mol. The van der Waals surface area contributed by atoms with Crippen molar-refractivity contribution in [2.45, 2.75) is 44.1 Å². The van der Waals surface area contributed by atoms with Gasteiger partial charge in [0, 0.05) is 23.9 Å². The van der Waals surface area contributed by atoms with E-state index in [4.69, 9.17) is 0 Å². The summed E-state index contributed by atoms with van der Waals surface area (Å²) in [5.41, 5.74) is 1.01. The van der Waals surface area contributed by atoms with E-state index < -0.39 is 5.82 Å². The molecule has 0 aliphatic carbocycles. The summed E-state index contributed by atoms with van der Waals surface area (Å²) in [6.07, 6.45) is 2.73. The lowest BCUT2D eigenvalue weighted by atomic mass is 10.2. The molecule has 2 aromatic heterocycles. The number of halogens is 1. The molecule has 2 N–H and O–H groups in total. The van der Waals surface area contributed by atoms with Gasteiger partial charge in [0.25, 0.3) is 5.91 Å². The molecule has 2 heterocycles. The standard InChI is InChI=1S/C20H25FN6OS/c1-4-8-22-17-16-12-24-27(18(16)26-20(25-17)29-13(2)3)10-9-23-19(28)14-6-5-7-15(21)11-14/h5-7,11-13H,4,8-10H2,1-3H3,(H,23,28)(H,22,25,26). The van der Waals surface area contributed by atoms with Crippen molar-refractivity contribution >= 4 is 34.5 Å². The van der Waals surface area contributed by atoms with E-state index in [0.29, 0.717) is 29.1 Å². The molecular formula is C20H25FN6OS. The predicted octanol–water partition coefficient (Wildman–Crippen LogP) is 3.72. The quantitative estimate of drug-likeness (QED) is 0.409. The molecule has 0 atom stereocenters. The summed E-state index contributed by atoms with van der Waals surface area (Å²) in [4.78, 5) is 21.5. The molecule has 7 nitrogen and oxygen atoms in total. The van der Waals surface area contributed by atoms with Crippen molar-refractivity contribution in [3.63, 3.8) is 0 Å². The maximum atomic E-state index is 13.3. The molecule has 154 valence electrons. The molecule has 0 radical (unpaired) electrons. The van der Waals surface area contributed by atoms with Gasteiger partial charge in [-0.05, 0) is 24.6 Å². The molecule has 9 heteroatoms. The molecule has 3 aromatic rings. The van der Waals surface area contributed by atoms with E-state index in [-0.39, 0.29) is 5.91 Å². The Morgan fingerprint density at radius 3 is 2.83 bits per heavy atom. The van der Waals surface area contributed by atoms with Gasteiger partial charge in [-0.25, -0.2) is 19.0 Å². The Balaban J connectivity index is 1.75. The first-order chi connectivity index (χ1) is 14.0. The number of carbonyl (C=O) groups is 1. The minimum absolute atomic E-state index is 0.291. The Morgan fingerprint density at radius 1 is 1.28 bits per heavy atom. The smallest absolute Gasteiger partial charge is 0.251 e. The summed E-state index contributed by atoms with van der Waals surface area (Å²) < 4.78 is 15.0. The Labute approximate surface area is 173 Å². The molecule has 0 unspecified atom stereocenters. The molecule has 0 aliphatic heterocycles. The second-order valence-corrected chi connectivity index (χ2v) is 8.36. The van der Waals surface area contributed by atoms with Gasteiger partial charge < -0.3 is 10.6 Å². The Morgan fingerprint density at radius 2 is 2.10 bits per heavy atom. The molecule has 0 saturated heterocycles. The van der Waals surface area contributed by atoms with Gasteiger partial charge in [-0.2, -0.15) is 5.10 Å². The molecule has 29 heavy (non-hydrogen) atoms. The number of carbonyl (C=O) groups excluding carboxylic acids is 1. The van der Waals surface area contributed by atoms with E-state index >= 15 is 0 Å². The van der Waals surface area contributed by atoms with Gasteiger partial charge in [-0.1, -0.05) is 38.6 Å². The molecule has 0 spiro atoms. The second-order valence-electron chi connectivity index (χ2n) is 6.82. The first-order valence-electron chi connectivity index (χ1n) is 9.65. The highest BCUT2D eigenvalue weighted by atomic mass is 32.2. The van der Waals surface area contributed by atoms with Crippen molar-refractivity contribution in [1.82, 2.24) is 25.1 Å². The first kappa shape index (κ1) is 21.0. The fourth-order valence-electron chi connectivity index (χ4n) is 2.75. The van der Waals surface area contributed by atoms with E-state index in [1.807, 2.05) is 0 Å². The maximum Gasteiger partial charge on any atom is 0.251 e.